The predicted octanol–water partition coefficient (Wildman–Crippen LogP) is 2.52. The fourth-order valence-electron chi connectivity index (χ4n) is 3.50. The third kappa shape index (κ3) is 3.09. The first kappa shape index (κ1) is 16.4. The van der Waals surface area contributed by atoms with Crippen LogP contribution in [0.15, 0.2) is 36.4 Å². The lowest BCUT2D eigenvalue weighted by Crippen LogP contribution is -2.45. The van der Waals surface area contributed by atoms with Gasteiger partial charge in [0.15, 0.2) is 0 Å². The molecule has 0 saturated carbocycles. The zero-order valence-electron chi connectivity index (χ0n) is 13.7. The first-order valence-corrected chi connectivity index (χ1v) is 8.19. The van der Waals surface area contributed by atoms with E-state index in [1.54, 1.807) is 16.9 Å². The predicted molar refractivity (Wildman–Crippen MR) is 88.9 cm³/mol. The van der Waals surface area contributed by atoms with Gasteiger partial charge in [-0.05, 0) is 30.5 Å². The molecule has 6 nitrogen and oxygen atoms in total. The van der Waals surface area contributed by atoms with Crippen LogP contribution in [0.4, 0.5) is 4.79 Å². The van der Waals surface area contributed by atoms with Crippen molar-refractivity contribution in [3.05, 3.63) is 42.0 Å². The Bertz CT molecular complexity index is 658. The van der Waals surface area contributed by atoms with E-state index >= 15 is 0 Å². The minimum Gasteiger partial charge on any atom is -0.497 e. The number of carboxylic acid groups (broad SMARTS) is 1. The number of amides is 2. The molecule has 24 heavy (non-hydrogen) atoms. The van der Waals surface area contributed by atoms with Crippen LogP contribution in [0.5, 0.6) is 5.75 Å². The molecule has 1 aromatic rings. The number of rotatable bonds is 3. The normalized spacial score (nSPS) is 23.4. The highest BCUT2D eigenvalue weighted by Crippen LogP contribution is 2.39. The van der Waals surface area contributed by atoms with Crippen LogP contribution in [0.2, 0.25) is 0 Å². The Morgan fingerprint density at radius 1 is 1.25 bits per heavy atom. The van der Waals surface area contributed by atoms with Gasteiger partial charge < -0.3 is 19.6 Å². The molecule has 1 saturated heterocycles. The highest BCUT2D eigenvalue weighted by molar-refractivity contribution is 5.79. The summed E-state index contributed by atoms with van der Waals surface area (Å²) in [6, 6.07) is 6.78. The quantitative estimate of drug-likeness (QED) is 0.865. The molecule has 1 aromatic carbocycles. The number of carbonyl (C=O) groups excluding carboxylic acids is 1. The van der Waals surface area contributed by atoms with Gasteiger partial charge in [-0.25, -0.2) is 4.79 Å². The number of hydrogen-bond acceptors (Lipinski definition) is 3. The number of ether oxygens (including phenoxy) is 1. The second-order valence-corrected chi connectivity index (χ2v) is 6.14. The number of aliphatic carboxylic acids is 1. The van der Waals surface area contributed by atoms with E-state index in [1.165, 1.54) is 0 Å². The molecule has 1 fully saturated rings. The van der Waals surface area contributed by atoms with Gasteiger partial charge in [0.05, 0.1) is 19.1 Å². The molecule has 2 aliphatic heterocycles. The van der Waals surface area contributed by atoms with Crippen molar-refractivity contribution in [3.63, 3.8) is 0 Å². The number of hydrogen-bond donors (Lipinski definition) is 1. The Balaban J connectivity index is 1.91. The topological polar surface area (TPSA) is 70.1 Å². The van der Waals surface area contributed by atoms with Crippen molar-refractivity contribution in [3.8, 4) is 5.75 Å². The van der Waals surface area contributed by atoms with E-state index in [-0.39, 0.29) is 6.03 Å². The molecule has 1 N–H and O–H groups in total. The molecule has 6 heteroatoms. The Morgan fingerprint density at radius 3 is 2.75 bits per heavy atom. The molecule has 0 bridgehead atoms. The van der Waals surface area contributed by atoms with Crippen LogP contribution in [-0.2, 0) is 4.79 Å². The molecule has 2 aliphatic rings. The fourth-order valence-corrected chi connectivity index (χ4v) is 3.50. The average Bonchev–Trinajstić information content (AvgIpc) is 3.07. The monoisotopic (exact) mass is 330 g/mol. The lowest BCUT2D eigenvalue weighted by Gasteiger charge is -2.33. The van der Waals surface area contributed by atoms with Gasteiger partial charge in [0, 0.05) is 19.6 Å². The van der Waals surface area contributed by atoms with Crippen LogP contribution in [0.1, 0.15) is 24.4 Å². The number of nitrogens with zero attached hydrogens (tertiary/aromatic N) is 2. The molecule has 128 valence electrons. The Morgan fingerprint density at radius 2 is 2.08 bits per heavy atom. The van der Waals surface area contributed by atoms with Crippen LogP contribution in [0, 0.1) is 5.92 Å². The smallest absolute Gasteiger partial charge is 0.320 e. The minimum absolute atomic E-state index is 0.0871. The minimum atomic E-state index is -0.864. The van der Waals surface area contributed by atoms with Gasteiger partial charge in [-0.15, -0.1) is 0 Å². The van der Waals surface area contributed by atoms with E-state index in [1.807, 2.05) is 30.3 Å². The maximum atomic E-state index is 12.9. The summed E-state index contributed by atoms with van der Waals surface area (Å²) >= 11 is 0. The molecule has 2 amide bonds. The molecule has 3 rings (SSSR count). The number of benzene rings is 1. The summed E-state index contributed by atoms with van der Waals surface area (Å²) in [4.78, 5) is 28.1. The van der Waals surface area contributed by atoms with Gasteiger partial charge >= 0.3 is 12.0 Å². The molecule has 0 spiro atoms. The number of carboxylic acids is 1. The van der Waals surface area contributed by atoms with Crippen LogP contribution in [-0.4, -0.2) is 53.7 Å². The zero-order chi connectivity index (χ0) is 17.1. The van der Waals surface area contributed by atoms with Crippen LogP contribution in [0.3, 0.4) is 0 Å². The number of methoxy groups -OCH3 is 1. The molecule has 0 radical (unpaired) electrons. The van der Waals surface area contributed by atoms with E-state index < -0.39 is 17.9 Å². The maximum absolute atomic E-state index is 12.9. The van der Waals surface area contributed by atoms with Gasteiger partial charge in [0.2, 0.25) is 0 Å². The first-order valence-electron chi connectivity index (χ1n) is 8.19. The maximum Gasteiger partial charge on any atom is 0.320 e. The number of urea groups is 1. The molecule has 0 unspecified atom stereocenters. The van der Waals surface area contributed by atoms with Crippen molar-refractivity contribution >= 4 is 12.0 Å². The Hall–Kier alpha value is -2.50. The zero-order valence-corrected chi connectivity index (χ0v) is 13.7. The van der Waals surface area contributed by atoms with Gasteiger partial charge in [-0.1, -0.05) is 24.3 Å². The Kier molecular flexibility index (Phi) is 4.74. The molecular formula is C18H22N2O4. The lowest BCUT2D eigenvalue weighted by atomic mass is 9.93. The van der Waals surface area contributed by atoms with Crippen molar-refractivity contribution in [2.75, 3.05) is 26.7 Å². The summed E-state index contributed by atoms with van der Waals surface area (Å²) < 4.78 is 5.25. The summed E-state index contributed by atoms with van der Waals surface area (Å²) in [6.07, 6.45) is 5.35. The van der Waals surface area contributed by atoms with E-state index in [2.05, 4.69) is 6.08 Å². The van der Waals surface area contributed by atoms with Crippen LogP contribution >= 0.6 is 0 Å². The van der Waals surface area contributed by atoms with Crippen molar-refractivity contribution in [2.45, 2.75) is 18.9 Å². The lowest BCUT2D eigenvalue weighted by molar-refractivity contribution is -0.142. The largest absolute Gasteiger partial charge is 0.497 e. The number of carbonyl (C=O) groups is 2. The van der Waals surface area contributed by atoms with Gasteiger partial charge in [0.25, 0.3) is 0 Å². The van der Waals surface area contributed by atoms with Crippen molar-refractivity contribution in [1.82, 2.24) is 9.80 Å². The Labute approximate surface area is 141 Å². The van der Waals surface area contributed by atoms with Gasteiger partial charge in [-0.3, -0.25) is 4.79 Å². The van der Waals surface area contributed by atoms with Crippen molar-refractivity contribution in [1.29, 1.82) is 0 Å². The van der Waals surface area contributed by atoms with Crippen molar-refractivity contribution < 1.29 is 19.4 Å². The molecule has 2 atom stereocenters. The van der Waals surface area contributed by atoms with E-state index in [9.17, 15) is 14.7 Å². The SMILES string of the molecule is COc1cccc([C@@H]2[C@H](C(=O)O)CCN2C(=O)N2CC=CCC2)c1. The molecule has 0 aromatic heterocycles. The highest BCUT2D eigenvalue weighted by Gasteiger charge is 2.43. The second-order valence-electron chi connectivity index (χ2n) is 6.14. The van der Waals surface area contributed by atoms with Crippen LogP contribution in [0.25, 0.3) is 0 Å². The standard InChI is InChI=1S/C18H22N2O4/c1-24-14-7-5-6-13(12-14)16-15(17(21)22)8-11-20(16)18(23)19-9-3-2-4-10-19/h2-3,5-7,12,15-16H,4,8-11H2,1H3,(H,21,22)/t15-,16-/m1/s1. The summed E-state index contributed by atoms with van der Waals surface area (Å²) in [7, 11) is 1.57. The summed E-state index contributed by atoms with van der Waals surface area (Å²) in [5.74, 6) is -0.796. The first-order chi connectivity index (χ1) is 11.6. The second kappa shape index (κ2) is 6.95. The fraction of sp³-hybridized carbons (Fsp3) is 0.444. The third-order valence-corrected chi connectivity index (χ3v) is 4.72. The van der Waals surface area contributed by atoms with E-state index in [4.69, 9.17) is 4.74 Å². The summed E-state index contributed by atoms with van der Waals surface area (Å²) in [5, 5.41) is 9.59. The molecule has 0 aliphatic carbocycles. The van der Waals surface area contributed by atoms with E-state index in [0.29, 0.717) is 31.8 Å². The summed E-state index contributed by atoms with van der Waals surface area (Å²) in [6.45, 7) is 1.71. The number of likely N-dealkylation sites (tertiary alicyclic amines) is 1. The third-order valence-electron chi connectivity index (χ3n) is 4.72. The van der Waals surface area contributed by atoms with Crippen LogP contribution < -0.4 is 4.74 Å². The summed E-state index contributed by atoms with van der Waals surface area (Å²) in [5.41, 5.74) is 0.806. The van der Waals surface area contributed by atoms with Crippen molar-refractivity contribution in [2.24, 2.45) is 5.92 Å². The molecular weight excluding hydrogens is 308 g/mol. The molecule has 2 heterocycles. The van der Waals surface area contributed by atoms with E-state index in [0.717, 1.165) is 12.0 Å². The highest BCUT2D eigenvalue weighted by atomic mass is 16.5. The average molecular weight is 330 g/mol. The van der Waals surface area contributed by atoms with Gasteiger partial charge in [0.1, 0.15) is 5.75 Å². The van der Waals surface area contributed by atoms with Gasteiger partial charge in [-0.2, -0.15) is 0 Å².